The molecule has 94 valence electrons. The van der Waals surface area contributed by atoms with E-state index in [1.54, 1.807) is 0 Å². The van der Waals surface area contributed by atoms with Crippen LogP contribution in [0.5, 0.6) is 0 Å². The number of carbonyl (C=O) groups excluding carboxylic acids is 1. The van der Waals surface area contributed by atoms with E-state index in [1.807, 2.05) is 35.0 Å². The van der Waals surface area contributed by atoms with Crippen LogP contribution in [0.25, 0.3) is 0 Å². The average Bonchev–Trinajstić information content (AvgIpc) is 2.76. The molecule has 1 aromatic heterocycles. The van der Waals surface area contributed by atoms with E-state index in [0.717, 1.165) is 21.3 Å². The molecule has 0 aliphatic heterocycles. The van der Waals surface area contributed by atoms with Gasteiger partial charge in [0.15, 0.2) is 5.78 Å². The van der Waals surface area contributed by atoms with Gasteiger partial charge in [-0.05, 0) is 39.5 Å². The minimum Gasteiger partial charge on any atom is -0.399 e. The number of ketones is 1. The number of rotatable bonds is 4. The fourth-order valence-electron chi connectivity index (χ4n) is 1.81. The number of anilines is 1. The molecule has 0 amide bonds. The van der Waals surface area contributed by atoms with E-state index in [2.05, 4.69) is 22.9 Å². The number of benzene rings is 1. The van der Waals surface area contributed by atoms with Gasteiger partial charge in [0, 0.05) is 32.9 Å². The van der Waals surface area contributed by atoms with Gasteiger partial charge < -0.3 is 5.73 Å². The molecule has 1 atom stereocenters. The summed E-state index contributed by atoms with van der Waals surface area (Å²) < 4.78 is 0.891. The smallest absolute Gasteiger partial charge is 0.165 e. The monoisotopic (exact) mass is 323 g/mol. The van der Waals surface area contributed by atoms with Crippen LogP contribution in [0, 0.1) is 0 Å². The molecule has 0 radical (unpaired) electrons. The molecule has 18 heavy (non-hydrogen) atoms. The van der Waals surface area contributed by atoms with Crippen LogP contribution in [0.4, 0.5) is 5.69 Å². The highest BCUT2D eigenvalue weighted by molar-refractivity contribution is 9.10. The van der Waals surface area contributed by atoms with Gasteiger partial charge in [0.1, 0.15) is 0 Å². The maximum atomic E-state index is 12.1. The van der Waals surface area contributed by atoms with Crippen molar-refractivity contribution in [3.63, 3.8) is 0 Å². The molecule has 1 unspecified atom stereocenters. The van der Waals surface area contributed by atoms with Crippen molar-refractivity contribution in [1.82, 2.24) is 0 Å². The zero-order valence-electron chi connectivity index (χ0n) is 10.0. The van der Waals surface area contributed by atoms with Crippen molar-refractivity contribution in [2.45, 2.75) is 19.3 Å². The number of thiophene rings is 1. The fraction of sp³-hybridized carbons (Fsp3) is 0.214. The van der Waals surface area contributed by atoms with Crippen LogP contribution in [-0.4, -0.2) is 5.78 Å². The molecular formula is C14H14BrNOS. The zero-order chi connectivity index (χ0) is 13.1. The third-order valence-electron chi connectivity index (χ3n) is 2.91. The summed E-state index contributed by atoms with van der Waals surface area (Å²) in [6.07, 6.45) is 0.513. The van der Waals surface area contributed by atoms with Crippen molar-refractivity contribution in [1.29, 1.82) is 0 Å². The topological polar surface area (TPSA) is 43.1 Å². The molecule has 2 aromatic rings. The summed E-state index contributed by atoms with van der Waals surface area (Å²) in [5.41, 5.74) is 8.32. The summed E-state index contributed by atoms with van der Waals surface area (Å²) in [7, 11) is 0. The molecule has 0 bridgehead atoms. The molecule has 0 fully saturated rings. The number of hydrogen-bond donors (Lipinski definition) is 1. The Morgan fingerprint density at radius 1 is 1.33 bits per heavy atom. The Morgan fingerprint density at radius 2 is 2.00 bits per heavy atom. The molecule has 1 heterocycles. The maximum Gasteiger partial charge on any atom is 0.165 e. The summed E-state index contributed by atoms with van der Waals surface area (Å²) in [4.78, 5) is 12.1. The van der Waals surface area contributed by atoms with Gasteiger partial charge in [0.25, 0.3) is 0 Å². The molecule has 0 spiro atoms. The summed E-state index contributed by atoms with van der Waals surface area (Å²) in [6.45, 7) is 2.06. The Labute approximate surface area is 119 Å². The van der Waals surface area contributed by atoms with Crippen molar-refractivity contribution >= 4 is 38.7 Å². The third kappa shape index (κ3) is 3.00. The molecule has 2 N–H and O–H groups in total. The second-order valence-corrected chi connectivity index (χ2v) is 5.93. The second kappa shape index (κ2) is 5.67. The Morgan fingerprint density at radius 3 is 2.56 bits per heavy atom. The lowest BCUT2D eigenvalue weighted by atomic mass is 9.94. The van der Waals surface area contributed by atoms with Gasteiger partial charge >= 0.3 is 0 Å². The fourth-order valence-corrected chi connectivity index (χ4v) is 3.33. The normalized spacial score (nSPS) is 12.3. The Kier molecular flexibility index (Phi) is 4.19. The van der Waals surface area contributed by atoms with E-state index >= 15 is 0 Å². The number of hydrogen-bond acceptors (Lipinski definition) is 3. The third-order valence-corrected chi connectivity index (χ3v) is 4.61. The van der Waals surface area contributed by atoms with Gasteiger partial charge in [-0.2, -0.15) is 11.3 Å². The van der Waals surface area contributed by atoms with Crippen LogP contribution < -0.4 is 5.73 Å². The van der Waals surface area contributed by atoms with Crippen molar-refractivity contribution < 1.29 is 4.79 Å². The van der Waals surface area contributed by atoms with Gasteiger partial charge in [-0.15, -0.1) is 0 Å². The first-order valence-electron chi connectivity index (χ1n) is 5.68. The molecule has 2 rings (SSSR count). The predicted molar refractivity (Wildman–Crippen MR) is 80.2 cm³/mol. The van der Waals surface area contributed by atoms with E-state index in [1.165, 1.54) is 11.3 Å². The van der Waals surface area contributed by atoms with Crippen LogP contribution in [0.2, 0.25) is 0 Å². The quantitative estimate of drug-likeness (QED) is 0.666. The zero-order valence-corrected chi connectivity index (χ0v) is 12.4. The summed E-state index contributed by atoms with van der Waals surface area (Å²) in [5.74, 6) is 0.373. The van der Waals surface area contributed by atoms with E-state index in [0.29, 0.717) is 6.42 Å². The Bertz CT molecular complexity index is 547. The first kappa shape index (κ1) is 13.3. The predicted octanol–water partition coefficient (Wildman–Crippen LogP) is 4.47. The SMILES string of the molecule is CC(CC(=O)c1cscc1Br)c1ccc(N)cc1. The molecule has 0 aliphatic carbocycles. The minimum atomic E-state index is 0.174. The number of Topliss-reactive ketones (excluding diaryl/α,β-unsaturated/α-hetero) is 1. The molecule has 0 saturated carbocycles. The number of halogens is 1. The highest BCUT2D eigenvalue weighted by Crippen LogP contribution is 2.27. The minimum absolute atomic E-state index is 0.174. The van der Waals surface area contributed by atoms with Gasteiger partial charge in [0.2, 0.25) is 0 Å². The number of carbonyl (C=O) groups is 1. The van der Waals surface area contributed by atoms with E-state index in [4.69, 9.17) is 5.73 Å². The summed E-state index contributed by atoms with van der Waals surface area (Å²) >= 11 is 4.93. The highest BCUT2D eigenvalue weighted by atomic mass is 79.9. The maximum absolute atomic E-state index is 12.1. The van der Waals surface area contributed by atoms with Gasteiger partial charge in [-0.3, -0.25) is 4.79 Å². The first-order valence-corrected chi connectivity index (χ1v) is 7.42. The Hall–Kier alpha value is -1.13. The summed E-state index contributed by atoms with van der Waals surface area (Å²) in [5, 5.41) is 3.82. The lowest BCUT2D eigenvalue weighted by molar-refractivity contribution is 0.0975. The van der Waals surface area contributed by atoms with Crippen LogP contribution in [0.3, 0.4) is 0 Å². The standard InChI is InChI=1S/C14H14BrNOS/c1-9(10-2-4-11(16)5-3-10)6-14(17)12-7-18-8-13(12)15/h2-5,7-9H,6,16H2,1H3. The van der Waals surface area contributed by atoms with E-state index in [9.17, 15) is 4.79 Å². The van der Waals surface area contributed by atoms with Crippen LogP contribution >= 0.6 is 27.3 Å². The van der Waals surface area contributed by atoms with Gasteiger partial charge in [0.05, 0.1) is 0 Å². The second-order valence-electron chi connectivity index (χ2n) is 4.33. The average molecular weight is 324 g/mol. The molecular weight excluding hydrogens is 310 g/mol. The lowest BCUT2D eigenvalue weighted by Gasteiger charge is -2.11. The van der Waals surface area contributed by atoms with Crippen LogP contribution in [-0.2, 0) is 0 Å². The molecule has 4 heteroatoms. The number of nitrogen functional groups attached to an aromatic ring is 1. The highest BCUT2D eigenvalue weighted by Gasteiger charge is 2.15. The van der Waals surface area contributed by atoms with Gasteiger partial charge in [-0.1, -0.05) is 19.1 Å². The largest absolute Gasteiger partial charge is 0.399 e. The van der Waals surface area contributed by atoms with Crippen molar-refractivity contribution in [2.75, 3.05) is 5.73 Å². The summed E-state index contributed by atoms with van der Waals surface area (Å²) in [6, 6.07) is 7.71. The van der Waals surface area contributed by atoms with E-state index in [-0.39, 0.29) is 11.7 Å². The van der Waals surface area contributed by atoms with E-state index < -0.39 is 0 Å². The van der Waals surface area contributed by atoms with Crippen molar-refractivity contribution in [3.8, 4) is 0 Å². The Balaban J connectivity index is 2.08. The number of nitrogens with two attached hydrogens (primary N) is 1. The first-order chi connectivity index (χ1) is 8.58. The van der Waals surface area contributed by atoms with Crippen molar-refractivity contribution in [3.05, 3.63) is 50.6 Å². The van der Waals surface area contributed by atoms with Gasteiger partial charge in [-0.25, -0.2) is 0 Å². The molecule has 0 aliphatic rings. The van der Waals surface area contributed by atoms with Crippen LogP contribution in [0.15, 0.2) is 39.5 Å². The van der Waals surface area contributed by atoms with Crippen LogP contribution in [0.1, 0.15) is 35.2 Å². The molecule has 0 saturated heterocycles. The molecule has 2 nitrogen and oxygen atoms in total. The lowest BCUT2D eigenvalue weighted by Crippen LogP contribution is -2.04. The molecule has 1 aromatic carbocycles. The van der Waals surface area contributed by atoms with Crippen molar-refractivity contribution in [2.24, 2.45) is 0 Å².